The number of amides is 1. The van der Waals surface area contributed by atoms with Crippen LogP contribution in [0.4, 0.5) is 5.69 Å². The van der Waals surface area contributed by atoms with Crippen molar-refractivity contribution in [1.82, 2.24) is 4.90 Å². The van der Waals surface area contributed by atoms with Gasteiger partial charge in [0, 0.05) is 19.2 Å². The van der Waals surface area contributed by atoms with Crippen LogP contribution >= 0.6 is 0 Å². The molecule has 152 valence electrons. The predicted octanol–water partition coefficient (Wildman–Crippen LogP) is 3.15. The van der Waals surface area contributed by atoms with Crippen molar-refractivity contribution in [3.05, 3.63) is 69.8 Å². The molecule has 1 aliphatic rings. The summed E-state index contributed by atoms with van der Waals surface area (Å²) in [6, 6.07) is 13.0. The molecule has 1 heterocycles. The lowest BCUT2D eigenvalue weighted by molar-refractivity contribution is -0.385. The van der Waals surface area contributed by atoms with Crippen molar-refractivity contribution in [3.63, 3.8) is 0 Å². The number of nitro groups is 1. The van der Waals surface area contributed by atoms with E-state index in [-0.39, 0.29) is 24.0 Å². The van der Waals surface area contributed by atoms with Gasteiger partial charge in [0.2, 0.25) is 0 Å². The first kappa shape index (κ1) is 20.3. The second-order valence-corrected chi connectivity index (χ2v) is 7.00. The lowest BCUT2D eigenvalue weighted by Crippen LogP contribution is -2.41. The number of nitro benzene ring substituents is 1. The van der Waals surface area contributed by atoms with E-state index in [1.807, 2.05) is 12.1 Å². The number of benzene rings is 2. The molecule has 1 aliphatic heterocycles. The molecule has 0 saturated carbocycles. The van der Waals surface area contributed by atoms with Crippen LogP contribution < -0.4 is 4.74 Å². The van der Waals surface area contributed by atoms with Crippen LogP contribution in [-0.4, -0.2) is 46.5 Å². The molecule has 0 bridgehead atoms. The first-order chi connectivity index (χ1) is 14.0. The molecule has 0 unspecified atom stereocenters. The number of aromatic carboxylic acids is 1. The lowest BCUT2D eigenvalue weighted by atomic mass is 9.88. The average molecular weight is 398 g/mol. The summed E-state index contributed by atoms with van der Waals surface area (Å²) in [6.45, 7) is 0.856. The first-order valence-corrected chi connectivity index (χ1v) is 9.41. The molecule has 1 amide bonds. The highest BCUT2D eigenvalue weighted by Gasteiger charge is 2.25. The Bertz CT molecular complexity index is 906. The second kappa shape index (κ2) is 9.18. The monoisotopic (exact) mass is 398 g/mol. The molecule has 8 heteroatoms. The molecule has 2 aromatic rings. The zero-order valence-electron chi connectivity index (χ0n) is 15.8. The predicted molar refractivity (Wildman–Crippen MR) is 105 cm³/mol. The Hall–Kier alpha value is -3.42. The van der Waals surface area contributed by atoms with Gasteiger partial charge in [-0.05, 0) is 42.9 Å². The van der Waals surface area contributed by atoms with E-state index >= 15 is 0 Å². The van der Waals surface area contributed by atoms with Crippen LogP contribution in [0.2, 0.25) is 0 Å². The smallest absolute Gasteiger partial charge is 0.335 e. The Kier molecular flexibility index (Phi) is 6.43. The fourth-order valence-corrected chi connectivity index (χ4v) is 3.57. The molecule has 0 aliphatic carbocycles. The minimum atomic E-state index is -0.930. The Morgan fingerprint density at radius 2 is 1.76 bits per heavy atom. The van der Waals surface area contributed by atoms with E-state index < -0.39 is 10.9 Å². The third-order valence-electron chi connectivity index (χ3n) is 5.14. The summed E-state index contributed by atoms with van der Waals surface area (Å²) in [5, 5.41) is 20.3. The molecule has 0 atom stereocenters. The molecule has 0 spiro atoms. The Morgan fingerprint density at radius 3 is 2.45 bits per heavy atom. The van der Waals surface area contributed by atoms with Crippen LogP contribution in [0.3, 0.4) is 0 Å². The van der Waals surface area contributed by atoms with Crippen LogP contribution in [0.25, 0.3) is 0 Å². The molecule has 2 aromatic carbocycles. The Balaban J connectivity index is 1.51. The molecule has 1 fully saturated rings. The van der Waals surface area contributed by atoms with Crippen molar-refractivity contribution >= 4 is 17.6 Å². The number of ether oxygens (including phenoxy) is 1. The number of rotatable bonds is 7. The van der Waals surface area contributed by atoms with E-state index in [4.69, 9.17) is 4.74 Å². The van der Waals surface area contributed by atoms with Crippen molar-refractivity contribution in [1.29, 1.82) is 0 Å². The maximum absolute atomic E-state index is 12.4. The summed E-state index contributed by atoms with van der Waals surface area (Å²) in [6.07, 6.45) is 2.20. The molecule has 29 heavy (non-hydrogen) atoms. The van der Waals surface area contributed by atoms with E-state index in [1.54, 1.807) is 29.2 Å². The fraction of sp³-hybridized carbons (Fsp3) is 0.333. The van der Waals surface area contributed by atoms with E-state index in [9.17, 15) is 24.8 Å². The van der Waals surface area contributed by atoms with Gasteiger partial charge in [-0.15, -0.1) is 0 Å². The highest BCUT2D eigenvalue weighted by atomic mass is 16.6. The molecular weight excluding hydrogens is 376 g/mol. The summed E-state index contributed by atoms with van der Waals surface area (Å²) in [4.78, 5) is 35.9. The third-order valence-corrected chi connectivity index (χ3v) is 5.14. The van der Waals surface area contributed by atoms with Gasteiger partial charge in [0.05, 0.1) is 10.5 Å². The van der Waals surface area contributed by atoms with E-state index in [1.165, 1.54) is 12.1 Å². The van der Waals surface area contributed by atoms with Crippen LogP contribution in [0.1, 0.15) is 28.8 Å². The van der Waals surface area contributed by atoms with E-state index in [2.05, 4.69) is 0 Å². The zero-order chi connectivity index (χ0) is 20.8. The molecule has 3 rings (SSSR count). The number of nitrogens with zero attached hydrogens (tertiary/aromatic N) is 2. The average Bonchev–Trinajstić information content (AvgIpc) is 2.73. The molecule has 8 nitrogen and oxygen atoms in total. The summed E-state index contributed by atoms with van der Waals surface area (Å²) in [7, 11) is 0. The van der Waals surface area contributed by atoms with E-state index in [0.29, 0.717) is 31.0 Å². The van der Waals surface area contributed by atoms with Gasteiger partial charge < -0.3 is 14.7 Å². The van der Waals surface area contributed by atoms with Crippen LogP contribution in [0, 0.1) is 16.0 Å². The highest BCUT2D eigenvalue weighted by Crippen LogP contribution is 2.27. The normalized spacial score (nSPS) is 14.4. The number of piperidine rings is 1. The van der Waals surface area contributed by atoms with Gasteiger partial charge in [-0.3, -0.25) is 14.9 Å². The maximum atomic E-state index is 12.4. The highest BCUT2D eigenvalue weighted by molar-refractivity contribution is 5.89. The minimum absolute atomic E-state index is 0.0750. The van der Waals surface area contributed by atoms with Gasteiger partial charge in [-0.25, -0.2) is 4.79 Å². The molecular formula is C21H22N2O6. The molecule has 1 saturated heterocycles. The first-order valence-electron chi connectivity index (χ1n) is 9.41. The van der Waals surface area contributed by atoms with Gasteiger partial charge in [-0.1, -0.05) is 30.3 Å². The fourth-order valence-electron chi connectivity index (χ4n) is 3.57. The van der Waals surface area contributed by atoms with Crippen molar-refractivity contribution in [2.75, 3.05) is 19.7 Å². The number of carbonyl (C=O) groups excluding carboxylic acids is 1. The topological polar surface area (TPSA) is 110 Å². The Morgan fingerprint density at radius 1 is 1.10 bits per heavy atom. The van der Waals surface area contributed by atoms with Gasteiger partial charge in [0.15, 0.2) is 12.4 Å². The van der Waals surface area contributed by atoms with Crippen LogP contribution in [0.15, 0.2) is 48.5 Å². The van der Waals surface area contributed by atoms with Crippen molar-refractivity contribution < 1.29 is 24.4 Å². The van der Waals surface area contributed by atoms with Gasteiger partial charge in [0.1, 0.15) is 0 Å². The summed E-state index contributed by atoms with van der Waals surface area (Å²) in [5.74, 6) is -0.769. The van der Waals surface area contributed by atoms with Crippen molar-refractivity contribution in [2.45, 2.75) is 19.3 Å². The van der Waals surface area contributed by atoms with Crippen LogP contribution in [-0.2, 0) is 11.2 Å². The van der Waals surface area contributed by atoms with Crippen molar-refractivity contribution in [3.8, 4) is 5.75 Å². The van der Waals surface area contributed by atoms with Gasteiger partial charge >= 0.3 is 11.7 Å². The second-order valence-electron chi connectivity index (χ2n) is 7.00. The number of carboxylic acids is 1. The third kappa shape index (κ3) is 5.10. The molecule has 0 aromatic heterocycles. The number of carbonyl (C=O) groups is 2. The van der Waals surface area contributed by atoms with Gasteiger partial charge in [-0.2, -0.15) is 0 Å². The van der Waals surface area contributed by atoms with E-state index in [0.717, 1.165) is 18.4 Å². The lowest BCUT2D eigenvalue weighted by Gasteiger charge is -2.32. The summed E-state index contributed by atoms with van der Waals surface area (Å²) < 4.78 is 5.38. The quantitative estimate of drug-likeness (QED) is 0.567. The molecule has 1 N–H and O–H groups in total. The number of hydrogen-bond acceptors (Lipinski definition) is 5. The largest absolute Gasteiger partial charge is 0.478 e. The standard InChI is InChI=1S/C21H22N2O6/c24-20(14-29-19-8-4-3-7-18(19)23(27)28)22-11-9-15(10-12-22)13-16-5-1-2-6-17(16)21(25)26/h1-8,15H,9-14H2,(H,25,26). The summed E-state index contributed by atoms with van der Waals surface area (Å²) >= 11 is 0. The Labute approximate surface area is 167 Å². The SMILES string of the molecule is O=C(O)c1ccccc1CC1CCN(C(=O)COc2ccccc2[N+](=O)[O-])CC1. The van der Waals surface area contributed by atoms with Gasteiger partial charge in [0.25, 0.3) is 5.91 Å². The minimum Gasteiger partial charge on any atom is -0.478 e. The number of hydrogen-bond donors (Lipinski definition) is 1. The van der Waals surface area contributed by atoms with Crippen LogP contribution in [0.5, 0.6) is 5.75 Å². The number of likely N-dealkylation sites (tertiary alicyclic amines) is 1. The zero-order valence-corrected chi connectivity index (χ0v) is 15.8. The molecule has 0 radical (unpaired) electrons. The number of para-hydroxylation sites is 2. The number of carboxylic acid groups (broad SMARTS) is 1. The maximum Gasteiger partial charge on any atom is 0.335 e. The summed E-state index contributed by atoms with van der Waals surface area (Å²) in [5.41, 5.74) is 0.962. The van der Waals surface area contributed by atoms with Crippen molar-refractivity contribution in [2.24, 2.45) is 5.92 Å².